The van der Waals surface area contributed by atoms with Crippen molar-refractivity contribution in [2.75, 3.05) is 38.5 Å². The lowest BCUT2D eigenvalue weighted by molar-refractivity contribution is 0.0658. The van der Waals surface area contributed by atoms with Crippen LogP contribution in [0.5, 0.6) is 0 Å². The van der Waals surface area contributed by atoms with E-state index in [1.807, 2.05) is 11.9 Å². The van der Waals surface area contributed by atoms with Gasteiger partial charge in [-0.3, -0.25) is 4.79 Å². The van der Waals surface area contributed by atoms with Crippen molar-refractivity contribution in [3.63, 3.8) is 0 Å². The Morgan fingerprint density at radius 3 is 2.56 bits per heavy atom. The molecule has 2 aromatic rings. The van der Waals surface area contributed by atoms with E-state index in [-0.39, 0.29) is 5.91 Å². The van der Waals surface area contributed by atoms with Gasteiger partial charge in [0.2, 0.25) is 0 Å². The third-order valence-corrected chi connectivity index (χ3v) is 4.60. The summed E-state index contributed by atoms with van der Waals surface area (Å²) in [6.45, 7) is 4.87. The minimum atomic E-state index is -0.0844. The number of carbonyl (C=O) groups excluding carboxylic acids is 1. The smallest absolute Gasteiger partial charge is 0.272 e. The Bertz CT molecular complexity index is 791. The third kappa shape index (κ3) is 4.39. The minimum Gasteiger partial charge on any atom is -0.339 e. The fourth-order valence-corrected chi connectivity index (χ4v) is 2.98. The summed E-state index contributed by atoms with van der Waals surface area (Å²) < 4.78 is 0. The molecule has 1 N–H and O–H groups in total. The summed E-state index contributed by atoms with van der Waals surface area (Å²) >= 11 is 12.2. The summed E-state index contributed by atoms with van der Waals surface area (Å²) in [7, 11) is 2.05. The number of anilines is 2. The number of nitrogens with one attached hydrogen (secondary N) is 1. The highest BCUT2D eigenvalue weighted by Gasteiger charge is 2.22. The van der Waals surface area contributed by atoms with E-state index in [1.54, 1.807) is 31.2 Å². The van der Waals surface area contributed by atoms with Gasteiger partial charge in [0.25, 0.3) is 5.91 Å². The first kappa shape index (κ1) is 17.9. The number of hydrogen-bond donors (Lipinski definition) is 1. The molecule has 0 bridgehead atoms. The van der Waals surface area contributed by atoms with E-state index in [0.717, 1.165) is 13.1 Å². The van der Waals surface area contributed by atoms with Gasteiger partial charge >= 0.3 is 0 Å². The second kappa shape index (κ2) is 7.56. The predicted molar refractivity (Wildman–Crippen MR) is 99.9 cm³/mol. The van der Waals surface area contributed by atoms with Gasteiger partial charge in [-0.15, -0.1) is 0 Å². The van der Waals surface area contributed by atoms with Crippen LogP contribution < -0.4 is 5.32 Å². The normalized spacial score (nSPS) is 15.3. The molecular formula is C17H19Cl2N5O. The van der Waals surface area contributed by atoms with Crippen molar-refractivity contribution in [3.05, 3.63) is 45.8 Å². The van der Waals surface area contributed by atoms with Gasteiger partial charge < -0.3 is 15.1 Å². The maximum absolute atomic E-state index is 12.7. The van der Waals surface area contributed by atoms with Crippen molar-refractivity contribution in [2.45, 2.75) is 6.92 Å². The zero-order valence-electron chi connectivity index (χ0n) is 14.1. The number of aromatic nitrogens is 2. The number of nitrogens with zero attached hydrogens (tertiary/aromatic N) is 4. The number of benzene rings is 1. The van der Waals surface area contributed by atoms with Crippen LogP contribution in [0.2, 0.25) is 10.0 Å². The molecule has 1 aromatic heterocycles. The molecule has 6 nitrogen and oxygen atoms in total. The minimum absolute atomic E-state index is 0.0844. The van der Waals surface area contributed by atoms with Crippen LogP contribution in [-0.2, 0) is 0 Å². The highest BCUT2D eigenvalue weighted by Crippen LogP contribution is 2.28. The van der Waals surface area contributed by atoms with Crippen LogP contribution in [0.15, 0.2) is 24.3 Å². The second-order valence-corrected chi connectivity index (χ2v) is 6.87. The van der Waals surface area contributed by atoms with Crippen LogP contribution in [0.25, 0.3) is 0 Å². The Morgan fingerprint density at radius 1 is 1.12 bits per heavy atom. The molecule has 132 valence electrons. The number of halogens is 2. The van der Waals surface area contributed by atoms with Crippen molar-refractivity contribution in [3.8, 4) is 0 Å². The zero-order valence-corrected chi connectivity index (χ0v) is 15.6. The standard InChI is InChI=1S/C17H19Cl2N5O/c1-11-20-15(17(25)24-7-5-23(2)6-8-24)10-16(21-11)22-14-9-12(18)3-4-13(14)19/h3-4,9-10H,5-8H2,1-2H3,(H,20,21,22). The van der Waals surface area contributed by atoms with Crippen LogP contribution >= 0.6 is 23.2 Å². The van der Waals surface area contributed by atoms with E-state index in [9.17, 15) is 4.79 Å². The van der Waals surface area contributed by atoms with Crippen molar-refractivity contribution < 1.29 is 4.79 Å². The fourth-order valence-electron chi connectivity index (χ4n) is 2.64. The molecule has 0 saturated carbocycles. The number of amides is 1. The molecular weight excluding hydrogens is 361 g/mol. The van der Waals surface area contributed by atoms with E-state index >= 15 is 0 Å². The monoisotopic (exact) mass is 379 g/mol. The van der Waals surface area contributed by atoms with Gasteiger partial charge in [-0.05, 0) is 32.2 Å². The van der Waals surface area contributed by atoms with Gasteiger partial charge in [0.1, 0.15) is 17.3 Å². The van der Waals surface area contributed by atoms with Crippen LogP contribution in [0.4, 0.5) is 11.5 Å². The van der Waals surface area contributed by atoms with E-state index < -0.39 is 0 Å². The van der Waals surface area contributed by atoms with Gasteiger partial charge in [-0.1, -0.05) is 23.2 Å². The van der Waals surface area contributed by atoms with Gasteiger partial charge in [-0.25, -0.2) is 9.97 Å². The molecule has 25 heavy (non-hydrogen) atoms. The van der Waals surface area contributed by atoms with Crippen molar-refractivity contribution in [1.29, 1.82) is 0 Å². The number of rotatable bonds is 3. The Labute approximate surface area is 156 Å². The van der Waals surface area contributed by atoms with Crippen molar-refractivity contribution in [1.82, 2.24) is 19.8 Å². The Morgan fingerprint density at radius 2 is 1.84 bits per heavy atom. The second-order valence-electron chi connectivity index (χ2n) is 6.03. The van der Waals surface area contributed by atoms with Crippen LogP contribution in [0, 0.1) is 6.92 Å². The van der Waals surface area contributed by atoms with Gasteiger partial charge in [-0.2, -0.15) is 0 Å². The maximum Gasteiger partial charge on any atom is 0.272 e. The zero-order chi connectivity index (χ0) is 18.0. The number of hydrogen-bond acceptors (Lipinski definition) is 5. The summed E-state index contributed by atoms with van der Waals surface area (Å²) in [5.41, 5.74) is 1.00. The summed E-state index contributed by atoms with van der Waals surface area (Å²) in [6, 6.07) is 6.77. The molecule has 1 fully saturated rings. The molecule has 1 saturated heterocycles. The van der Waals surface area contributed by atoms with E-state index in [4.69, 9.17) is 23.2 Å². The van der Waals surface area contributed by atoms with Gasteiger partial charge in [0.15, 0.2) is 0 Å². The average Bonchev–Trinajstić information content (AvgIpc) is 2.58. The summed E-state index contributed by atoms with van der Waals surface area (Å²) in [6.07, 6.45) is 0. The van der Waals surface area contributed by atoms with Crippen LogP contribution in [0.1, 0.15) is 16.3 Å². The van der Waals surface area contributed by atoms with Crippen LogP contribution in [0.3, 0.4) is 0 Å². The molecule has 0 atom stereocenters. The number of aryl methyl sites for hydroxylation is 1. The number of piperazine rings is 1. The molecule has 1 aliphatic heterocycles. The quantitative estimate of drug-likeness (QED) is 0.886. The highest BCUT2D eigenvalue weighted by atomic mass is 35.5. The molecule has 1 aliphatic rings. The molecule has 0 aliphatic carbocycles. The molecule has 1 amide bonds. The lowest BCUT2D eigenvalue weighted by Gasteiger charge is -2.32. The lowest BCUT2D eigenvalue weighted by atomic mass is 10.2. The summed E-state index contributed by atoms with van der Waals surface area (Å²) in [5, 5.41) is 4.20. The van der Waals surface area contributed by atoms with Crippen LogP contribution in [-0.4, -0.2) is 58.9 Å². The lowest BCUT2D eigenvalue weighted by Crippen LogP contribution is -2.47. The highest BCUT2D eigenvalue weighted by molar-refractivity contribution is 6.35. The molecule has 8 heteroatoms. The van der Waals surface area contributed by atoms with Gasteiger partial charge in [0, 0.05) is 37.3 Å². The predicted octanol–water partition coefficient (Wildman–Crippen LogP) is 3.22. The Hall–Kier alpha value is -1.89. The Kier molecular flexibility index (Phi) is 5.42. The molecule has 2 heterocycles. The largest absolute Gasteiger partial charge is 0.339 e. The molecule has 3 rings (SSSR count). The fraction of sp³-hybridized carbons (Fsp3) is 0.353. The average molecular weight is 380 g/mol. The third-order valence-electron chi connectivity index (χ3n) is 4.04. The maximum atomic E-state index is 12.7. The first-order valence-electron chi connectivity index (χ1n) is 7.98. The molecule has 1 aromatic carbocycles. The summed E-state index contributed by atoms with van der Waals surface area (Å²) in [4.78, 5) is 25.4. The first-order chi connectivity index (χ1) is 11.9. The molecule has 0 spiro atoms. The van der Waals surface area contributed by atoms with Crippen molar-refractivity contribution >= 4 is 40.6 Å². The molecule has 0 unspecified atom stereocenters. The van der Waals surface area contributed by atoms with Crippen molar-refractivity contribution in [2.24, 2.45) is 0 Å². The van der Waals surface area contributed by atoms with E-state index in [0.29, 0.717) is 46.2 Å². The Balaban J connectivity index is 1.83. The van der Waals surface area contributed by atoms with E-state index in [1.165, 1.54) is 0 Å². The SMILES string of the molecule is Cc1nc(Nc2cc(Cl)ccc2Cl)cc(C(=O)N2CCN(C)CC2)n1. The van der Waals surface area contributed by atoms with Gasteiger partial charge in [0.05, 0.1) is 10.7 Å². The van der Waals surface area contributed by atoms with E-state index in [2.05, 4.69) is 20.2 Å². The number of likely N-dealkylation sites (N-methyl/N-ethyl adjacent to an activating group) is 1. The summed E-state index contributed by atoms with van der Waals surface area (Å²) in [5.74, 6) is 0.939. The number of carbonyl (C=O) groups is 1. The first-order valence-corrected chi connectivity index (χ1v) is 8.73. The molecule has 0 radical (unpaired) electrons. The topological polar surface area (TPSA) is 61.4 Å².